The zero-order valence-electron chi connectivity index (χ0n) is 8.82. The summed E-state index contributed by atoms with van der Waals surface area (Å²) < 4.78 is 14.6. The molecular weight excluding hydrogens is 261 g/mol. The summed E-state index contributed by atoms with van der Waals surface area (Å²) in [6.45, 7) is 1.92. The van der Waals surface area contributed by atoms with Crippen molar-refractivity contribution in [2.24, 2.45) is 0 Å². The number of hydrogen-bond donors (Lipinski definition) is 0. The Morgan fingerprint density at radius 1 is 1.41 bits per heavy atom. The Morgan fingerprint density at radius 3 is 2.94 bits per heavy atom. The summed E-state index contributed by atoms with van der Waals surface area (Å²) in [6, 6.07) is 4.27. The largest absolute Gasteiger partial charge is 0.217 e. The molecular formula is C11H7ClFN3S. The highest BCUT2D eigenvalue weighted by Gasteiger charge is 2.11. The number of benzene rings is 1. The molecule has 0 aliphatic carbocycles. The molecule has 86 valence electrons. The van der Waals surface area contributed by atoms with Crippen molar-refractivity contribution >= 4 is 27.9 Å². The number of rotatable bonds is 1. The van der Waals surface area contributed by atoms with Crippen LogP contribution >= 0.6 is 22.9 Å². The van der Waals surface area contributed by atoms with Gasteiger partial charge in [-0.2, -0.15) is 5.10 Å². The third-order valence-corrected chi connectivity index (χ3v) is 3.50. The number of hydrogen-bond acceptors (Lipinski definition) is 3. The van der Waals surface area contributed by atoms with Crippen LogP contribution in [-0.4, -0.2) is 14.6 Å². The van der Waals surface area contributed by atoms with Crippen LogP contribution in [0.3, 0.4) is 0 Å². The molecule has 0 atom stereocenters. The van der Waals surface area contributed by atoms with Crippen molar-refractivity contribution in [1.82, 2.24) is 14.6 Å². The Morgan fingerprint density at radius 2 is 2.24 bits per heavy atom. The van der Waals surface area contributed by atoms with Crippen LogP contribution in [-0.2, 0) is 0 Å². The van der Waals surface area contributed by atoms with Gasteiger partial charge in [0.15, 0.2) is 0 Å². The Balaban J connectivity index is 2.16. The first-order valence-corrected chi connectivity index (χ1v) is 6.11. The van der Waals surface area contributed by atoms with E-state index in [1.54, 1.807) is 16.8 Å². The predicted molar refractivity (Wildman–Crippen MR) is 66.0 cm³/mol. The molecule has 1 aromatic carbocycles. The fourth-order valence-electron chi connectivity index (χ4n) is 1.63. The zero-order valence-corrected chi connectivity index (χ0v) is 10.4. The topological polar surface area (TPSA) is 30.2 Å². The third kappa shape index (κ3) is 1.81. The quantitative estimate of drug-likeness (QED) is 0.675. The van der Waals surface area contributed by atoms with E-state index in [1.165, 1.54) is 23.5 Å². The molecule has 0 radical (unpaired) electrons. The van der Waals surface area contributed by atoms with Crippen molar-refractivity contribution in [1.29, 1.82) is 0 Å². The molecule has 0 amide bonds. The molecule has 2 aromatic heterocycles. The minimum atomic E-state index is -0.353. The third-order valence-electron chi connectivity index (χ3n) is 2.35. The van der Waals surface area contributed by atoms with E-state index in [1.807, 2.05) is 6.92 Å². The van der Waals surface area contributed by atoms with Crippen LogP contribution in [0, 0.1) is 12.7 Å². The fourth-order valence-corrected chi connectivity index (χ4v) is 2.61. The maximum Gasteiger partial charge on any atom is 0.212 e. The molecule has 0 fully saturated rings. The second kappa shape index (κ2) is 3.78. The Kier molecular flexibility index (Phi) is 2.38. The highest BCUT2D eigenvalue weighted by atomic mass is 35.5. The van der Waals surface area contributed by atoms with Gasteiger partial charge in [0.25, 0.3) is 0 Å². The fraction of sp³-hybridized carbons (Fsp3) is 0.0909. The Bertz CT molecular complexity index is 672. The van der Waals surface area contributed by atoms with Gasteiger partial charge in [0.2, 0.25) is 4.96 Å². The lowest BCUT2D eigenvalue weighted by atomic mass is 10.2. The van der Waals surface area contributed by atoms with Gasteiger partial charge in [0.1, 0.15) is 10.8 Å². The first-order chi connectivity index (χ1) is 8.13. The lowest BCUT2D eigenvalue weighted by Crippen LogP contribution is -1.82. The van der Waals surface area contributed by atoms with Crippen molar-refractivity contribution in [2.45, 2.75) is 6.92 Å². The average molecular weight is 268 g/mol. The van der Waals surface area contributed by atoms with Gasteiger partial charge in [0.05, 0.1) is 16.9 Å². The van der Waals surface area contributed by atoms with Crippen molar-refractivity contribution in [3.63, 3.8) is 0 Å². The number of halogens is 2. The van der Waals surface area contributed by atoms with Crippen molar-refractivity contribution in [3.05, 3.63) is 40.2 Å². The number of aryl methyl sites for hydroxylation is 1. The molecule has 0 aliphatic heterocycles. The highest BCUT2D eigenvalue weighted by molar-refractivity contribution is 7.16. The van der Waals surface area contributed by atoms with Crippen molar-refractivity contribution in [2.75, 3.05) is 0 Å². The molecule has 3 nitrogen and oxygen atoms in total. The number of aromatic nitrogens is 3. The summed E-state index contributed by atoms with van der Waals surface area (Å²) in [5.41, 5.74) is 1.41. The van der Waals surface area contributed by atoms with Gasteiger partial charge in [-0.1, -0.05) is 22.9 Å². The monoisotopic (exact) mass is 267 g/mol. The first-order valence-electron chi connectivity index (χ1n) is 4.92. The average Bonchev–Trinajstić information content (AvgIpc) is 2.74. The minimum Gasteiger partial charge on any atom is -0.217 e. The molecule has 17 heavy (non-hydrogen) atoms. The van der Waals surface area contributed by atoms with Gasteiger partial charge >= 0.3 is 0 Å². The van der Waals surface area contributed by atoms with Crippen molar-refractivity contribution in [3.8, 4) is 11.3 Å². The van der Waals surface area contributed by atoms with E-state index < -0.39 is 0 Å². The van der Waals surface area contributed by atoms with E-state index in [4.69, 9.17) is 11.6 Å². The predicted octanol–water partition coefficient (Wildman–Crippen LogP) is 3.56. The molecule has 0 spiro atoms. The molecule has 0 saturated carbocycles. The molecule has 0 N–H and O–H groups in total. The molecule has 0 aliphatic rings. The maximum atomic E-state index is 12.9. The van der Waals surface area contributed by atoms with Crippen LogP contribution in [0.4, 0.5) is 4.39 Å². The summed E-state index contributed by atoms with van der Waals surface area (Å²) in [5.74, 6) is -0.353. The van der Waals surface area contributed by atoms with E-state index in [-0.39, 0.29) is 5.82 Å². The molecule has 3 rings (SSSR count). The van der Waals surface area contributed by atoms with Crippen LogP contribution in [0.5, 0.6) is 0 Å². The van der Waals surface area contributed by atoms with Crippen LogP contribution in [0.1, 0.15) is 5.01 Å². The number of fused-ring (bicyclic) bond motifs is 1. The lowest BCUT2D eigenvalue weighted by Gasteiger charge is -1.99. The smallest absolute Gasteiger partial charge is 0.212 e. The zero-order chi connectivity index (χ0) is 12.0. The standard InChI is InChI=1S/C11H7ClFN3S/c1-6-15-16-5-10(14-11(16)17-6)8-3-2-7(13)4-9(8)12/h2-5H,1H3. The van der Waals surface area contributed by atoms with E-state index >= 15 is 0 Å². The molecule has 3 aromatic rings. The normalized spacial score (nSPS) is 11.2. The van der Waals surface area contributed by atoms with E-state index in [0.29, 0.717) is 16.3 Å². The van der Waals surface area contributed by atoms with E-state index in [0.717, 1.165) is 9.97 Å². The molecule has 0 saturated heterocycles. The molecule has 2 heterocycles. The lowest BCUT2D eigenvalue weighted by molar-refractivity contribution is 0.628. The second-order valence-corrected chi connectivity index (χ2v) is 5.17. The van der Waals surface area contributed by atoms with E-state index in [2.05, 4.69) is 10.1 Å². The summed E-state index contributed by atoms with van der Waals surface area (Å²) in [4.78, 5) is 5.21. The maximum absolute atomic E-state index is 12.9. The van der Waals surface area contributed by atoms with Crippen LogP contribution < -0.4 is 0 Å². The van der Waals surface area contributed by atoms with Gasteiger partial charge < -0.3 is 0 Å². The van der Waals surface area contributed by atoms with Crippen LogP contribution in [0.2, 0.25) is 5.02 Å². The summed E-state index contributed by atoms with van der Waals surface area (Å²) >= 11 is 7.48. The summed E-state index contributed by atoms with van der Waals surface area (Å²) in [5, 5.41) is 5.56. The second-order valence-electron chi connectivity index (χ2n) is 3.60. The first kappa shape index (κ1) is 10.7. The number of nitrogens with zero attached hydrogens (tertiary/aromatic N) is 3. The summed E-state index contributed by atoms with van der Waals surface area (Å²) in [7, 11) is 0. The highest BCUT2D eigenvalue weighted by Crippen LogP contribution is 2.28. The van der Waals surface area contributed by atoms with Gasteiger partial charge in [-0.25, -0.2) is 13.9 Å². The van der Waals surface area contributed by atoms with Gasteiger partial charge in [0, 0.05) is 5.56 Å². The van der Waals surface area contributed by atoms with Gasteiger partial charge in [-0.05, 0) is 25.1 Å². The minimum absolute atomic E-state index is 0.353. The van der Waals surface area contributed by atoms with Crippen LogP contribution in [0.25, 0.3) is 16.2 Å². The van der Waals surface area contributed by atoms with Gasteiger partial charge in [-0.15, -0.1) is 0 Å². The Hall–Kier alpha value is -1.46. The van der Waals surface area contributed by atoms with Crippen molar-refractivity contribution < 1.29 is 4.39 Å². The van der Waals surface area contributed by atoms with Gasteiger partial charge in [-0.3, -0.25) is 0 Å². The Labute approximate surface area is 105 Å². The van der Waals surface area contributed by atoms with E-state index in [9.17, 15) is 4.39 Å². The summed E-state index contributed by atoms with van der Waals surface area (Å²) in [6.07, 6.45) is 1.79. The van der Waals surface area contributed by atoms with Crippen LogP contribution in [0.15, 0.2) is 24.4 Å². The molecule has 0 unspecified atom stereocenters. The molecule has 0 bridgehead atoms. The number of imidazole rings is 1. The SMILES string of the molecule is Cc1nn2cc(-c3ccc(F)cc3Cl)nc2s1. The molecule has 6 heteroatoms.